The van der Waals surface area contributed by atoms with Gasteiger partial charge < -0.3 is 0 Å². The van der Waals surface area contributed by atoms with Crippen molar-refractivity contribution in [2.75, 3.05) is 0 Å². The first-order valence-corrected chi connectivity index (χ1v) is 9.46. The van der Waals surface area contributed by atoms with E-state index in [9.17, 15) is 14.0 Å². The number of para-hydroxylation sites is 1. The van der Waals surface area contributed by atoms with Gasteiger partial charge in [-0.05, 0) is 24.6 Å². The summed E-state index contributed by atoms with van der Waals surface area (Å²) in [6.07, 6.45) is 1.73. The third-order valence-electron chi connectivity index (χ3n) is 5.30. The molecule has 0 radical (unpaired) electrons. The van der Waals surface area contributed by atoms with Crippen LogP contribution in [-0.2, 0) is 13.6 Å². The van der Waals surface area contributed by atoms with Crippen LogP contribution in [0.4, 0.5) is 4.39 Å². The molecule has 7 nitrogen and oxygen atoms in total. The van der Waals surface area contributed by atoms with Gasteiger partial charge in [0.25, 0.3) is 5.56 Å². The van der Waals surface area contributed by atoms with E-state index in [4.69, 9.17) is 0 Å². The molecule has 0 aliphatic carbocycles. The number of imidazole rings is 2. The van der Waals surface area contributed by atoms with E-state index in [0.717, 1.165) is 5.56 Å². The van der Waals surface area contributed by atoms with Gasteiger partial charge in [0, 0.05) is 18.9 Å². The molecule has 0 fully saturated rings. The molecule has 8 heteroatoms. The van der Waals surface area contributed by atoms with Crippen LogP contribution < -0.4 is 11.2 Å². The summed E-state index contributed by atoms with van der Waals surface area (Å²) in [5.41, 5.74) is 1.54. The minimum Gasteiger partial charge on any atom is -0.280 e. The highest BCUT2D eigenvalue weighted by atomic mass is 19.1. The second-order valence-electron chi connectivity index (χ2n) is 7.23. The normalized spacial score (nSPS) is 11.6. The van der Waals surface area contributed by atoms with E-state index >= 15 is 0 Å². The van der Waals surface area contributed by atoms with Crippen LogP contribution in [0.5, 0.6) is 0 Å². The maximum absolute atomic E-state index is 14.5. The molecule has 0 saturated heterocycles. The summed E-state index contributed by atoms with van der Waals surface area (Å²) in [4.78, 5) is 30.7. The lowest BCUT2D eigenvalue weighted by Crippen LogP contribution is -2.39. The molecule has 0 atom stereocenters. The maximum atomic E-state index is 14.5. The van der Waals surface area contributed by atoms with E-state index in [2.05, 4.69) is 4.98 Å². The predicted molar refractivity (Wildman–Crippen MR) is 112 cm³/mol. The van der Waals surface area contributed by atoms with Gasteiger partial charge >= 0.3 is 5.69 Å². The number of hydrogen-bond donors (Lipinski definition) is 0. The van der Waals surface area contributed by atoms with E-state index in [1.165, 1.54) is 15.2 Å². The van der Waals surface area contributed by atoms with Crippen LogP contribution in [-0.4, -0.2) is 23.1 Å². The molecule has 3 aromatic heterocycles. The van der Waals surface area contributed by atoms with E-state index in [-0.39, 0.29) is 17.7 Å². The first kappa shape index (κ1) is 18.1. The SMILES string of the molecule is Cc1cn2c3c(=O)n(Cc4ccccc4)c(=O)n(C)c3nc2n1-c1ccccc1F. The Bertz CT molecular complexity index is 1540. The minimum atomic E-state index is -0.453. The Morgan fingerprint density at radius 3 is 2.43 bits per heavy atom. The van der Waals surface area contributed by atoms with E-state index in [1.54, 1.807) is 40.4 Å². The molecule has 0 amide bonds. The largest absolute Gasteiger partial charge is 0.332 e. The van der Waals surface area contributed by atoms with E-state index in [0.29, 0.717) is 17.2 Å². The number of halogens is 1. The summed E-state index contributed by atoms with van der Waals surface area (Å²) in [5, 5.41) is 0. The zero-order valence-electron chi connectivity index (χ0n) is 16.4. The number of nitrogens with zero attached hydrogens (tertiary/aromatic N) is 5. The van der Waals surface area contributed by atoms with Crippen LogP contribution in [0.25, 0.3) is 22.6 Å². The maximum Gasteiger partial charge on any atom is 0.332 e. The van der Waals surface area contributed by atoms with Crippen LogP contribution in [0.3, 0.4) is 0 Å². The second kappa shape index (κ2) is 6.55. The van der Waals surface area contributed by atoms with Gasteiger partial charge in [-0.2, -0.15) is 4.98 Å². The zero-order valence-corrected chi connectivity index (χ0v) is 16.4. The first-order chi connectivity index (χ1) is 14.5. The summed E-state index contributed by atoms with van der Waals surface area (Å²) in [7, 11) is 1.58. The fourth-order valence-corrected chi connectivity index (χ4v) is 3.85. The van der Waals surface area contributed by atoms with Crippen LogP contribution >= 0.6 is 0 Å². The molecular weight excluding hydrogens is 385 g/mol. The monoisotopic (exact) mass is 403 g/mol. The lowest BCUT2D eigenvalue weighted by molar-refractivity contribution is 0.618. The molecule has 150 valence electrons. The van der Waals surface area contributed by atoms with Crippen LogP contribution in [0.15, 0.2) is 70.4 Å². The lowest BCUT2D eigenvalue weighted by atomic mass is 10.2. The fourth-order valence-electron chi connectivity index (χ4n) is 3.85. The Morgan fingerprint density at radius 2 is 1.70 bits per heavy atom. The van der Waals surface area contributed by atoms with E-state index in [1.807, 2.05) is 37.3 Å². The molecular formula is C22H18FN5O2. The zero-order chi connectivity index (χ0) is 21.0. The lowest BCUT2D eigenvalue weighted by Gasteiger charge is -2.08. The van der Waals surface area contributed by atoms with Gasteiger partial charge in [0.2, 0.25) is 5.78 Å². The van der Waals surface area contributed by atoms with E-state index < -0.39 is 17.1 Å². The predicted octanol–water partition coefficient (Wildman–Crippen LogP) is 2.63. The third-order valence-corrected chi connectivity index (χ3v) is 5.30. The van der Waals surface area contributed by atoms with Gasteiger partial charge in [-0.3, -0.25) is 22.9 Å². The third kappa shape index (κ3) is 2.53. The second-order valence-corrected chi connectivity index (χ2v) is 7.23. The van der Waals surface area contributed by atoms with Crippen LogP contribution in [0.1, 0.15) is 11.3 Å². The molecule has 0 unspecified atom stereocenters. The Morgan fingerprint density at radius 1 is 1.00 bits per heavy atom. The highest BCUT2D eigenvalue weighted by Gasteiger charge is 2.21. The molecule has 0 N–H and O–H groups in total. The van der Waals surface area contributed by atoms with Crippen molar-refractivity contribution in [2.24, 2.45) is 7.05 Å². The van der Waals surface area contributed by atoms with Crippen molar-refractivity contribution in [1.82, 2.24) is 23.1 Å². The number of fused-ring (bicyclic) bond motifs is 3. The van der Waals surface area contributed by atoms with Gasteiger partial charge in [0.15, 0.2) is 11.2 Å². The molecule has 0 saturated carbocycles. The van der Waals surface area contributed by atoms with Crippen LogP contribution in [0.2, 0.25) is 0 Å². The van der Waals surface area contributed by atoms with Gasteiger partial charge in [0.1, 0.15) is 5.82 Å². The topological polar surface area (TPSA) is 66.2 Å². The molecule has 5 aromatic rings. The minimum absolute atomic E-state index is 0.155. The van der Waals surface area contributed by atoms with Crippen molar-refractivity contribution in [3.8, 4) is 5.69 Å². The highest BCUT2D eigenvalue weighted by molar-refractivity contribution is 5.76. The Balaban J connectivity index is 1.83. The fraction of sp³-hybridized carbons (Fsp3) is 0.136. The number of rotatable bonds is 3. The first-order valence-electron chi connectivity index (χ1n) is 9.46. The Hall–Kier alpha value is -3.94. The summed E-state index contributed by atoms with van der Waals surface area (Å²) in [6, 6.07) is 15.7. The van der Waals surface area contributed by atoms with Crippen molar-refractivity contribution in [3.05, 3.63) is 98.7 Å². The molecule has 2 aromatic carbocycles. The van der Waals surface area contributed by atoms with Gasteiger partial charge in [-0.15, -0.1) is 0 Å². The molecule has 3 heterocycles. The van der Waals surface area contributed by atoms with Gasteiger partial charge in [-0.1, -0.05) is 42.5 Å². The van der Waals surface area contributed by atoms with Gasteiger partial charge in [-0.25, -0.2) is 9.18 Å². The molecule has 0 aliphatic rings. The summed E-state index contributed by atoms with van der Waals surface area (Å²) in [6.45, 7) is 1.97. The molecule has 0 bridgehead atoms. The molecule has 5 rings (SSSR count). The van der Waals surface area contributed by atoms with Crippen molar-refractivity contribution in [1.29, 1.82) is 0 Å². The standard InChI is InChI=1S/C22H18FN5O2/c1-14-12-26-18-19(24-21(26)28(14)17-11-7-6-10-16(17)23)25(2)22(30)27(20(18)29)13-15-8-4-3-5-9-15/h3-12H,13H2,1-2H3. The number of hydrogen-bond acceptors (Lipinski definition) is 3. The number of aromatic nitrogens is 5. The molecule has 0 aliphatic heterocycles. The summed E-state index contributed by atoms with van der Waals surface area (Å²) >= 11 is 0. The van der Waals surface area contributed by atoms with Crippen molar-refractivity contribution in [2.45, 2.75) is 13.5 Å². The number of aryl methyl sites for hydroxylation is 2. The summed E-state index contributed by atoms with van der Waals surface area (Å²) in [5.74, 6) is -0.0294. The Labute approximate surface area is 169 Å². The molecule has 0 spiro atoms. The summed E-state index contributed by atoms with van der Waals surface area (Å²) < 4.78 is 20.3. The average Bonchev–Trinajstić information content (AvgIpc) is 3.26. The molecule has 30 heavy (non-hydrogen) atoms. The van der Waals surface area contributed by atoms with Crippen molar-refractivity contribution < 1.29 is 4.39 Å². The average molecular weight is 403 g/mol. The van der Waals surface area contributed by atoms with Crippen molar-refractivity contribution in [3.63, 3.8) is 0 Å². The quantitative estimate of drug-likeness (QED) is 0.465. The number of benzene rings is 2. The van der Waals surface area contributed by atoms with Gasteiger partial charge in [0.05, 0.1) is 12.2 Å². The highest BCUT2D eigenvalue weighted by Crippen LogP contribution is 2.22. The Kier molecular flexibility index (Phi) is 3.95. The van der Waals surface area contributed by atoms with Crippen molar-refractivity contribution >= 4 is 16.9 Å². The smallest absolute Gasteiger partial charge is 0.280 e. The van der Waals surface area contributed by atoms with Crippen LogP contribution in [0, 0.1) is 12.7 Å².